The van der Waals surface area contributed by atoms with Crippen molar-refractivity contribution in [2.75, 3.05) is 13.2 Å². The Kier molecular flexibility index (Phi) is 6.03. The minimum atomic E-state index is -0.0748. The molecule has 2 aromatic carbocycles. The third kappa shape index (κ3) is 5.18. The van der Waals surface area contributed by atoms with Crippen molar-refractivity contribution in [2.45, 2.75) is 25.3 Å². The Hall–Kier alpha value is -3.35. The fourth-order valence-electron chi connectivity index (χ4n) is 4.20. The molecule has 0 spiro atoms. The molecule has 168 valence electrons. The van der Waals surface area contributed by atoms with E-state index in [4.69, 9.17) is 21.1 Å². The Bertz CT molecular complexity index is 1200. The summed E-state index contributed by atoms with van der Waals surface area (Å²) in [5, 5.41) is 6.40. The standard InChI is InChI=1S/C26H23ClN2O4/c27-23-13-22(7-4-18(23)9-17-3-8-24-19(10-17)12-25(30)29-24)33-21-5-1-16(2-6-21)11-20-14-32-15-26(31)28-20/h1-9,13,20H,10-12,14-15H2,(H,28,31)(H,29,30). The Balaban J connectivity index is 1.21. The van der Waals surface area contributed by atoms with Crippen LogP contribution in [0.2, 0.25) is 5.02 Å². The molecule has 2 aromatic rings. The van der Waals surface area contributed by atoms with Crippen LogP contribution in [0.4, 0.5) is 0 Å². The van der Waals surface area contributed by atoms with Crippen LogP contribution in [0.3, 0.4) is 0 Å². The van der Waals surface area contributed by atoms with Crippen LogP contribution in [0.1, 0.15) is 24.0 Å². The van der Waals surface area contributed by atoms with Gasteiger partial charge in [-0.05, 0) is 77.6 Å². The van der Waals surface area contributed by atoms with E-state index in [-0.39, 0.29) is 24.5 Å². The van der Waals surface area contributed by atoms with Gasteiger partial charge in [0.2, 0.25) is 11.8 Å². The smallest absolute Gasteiger partial charge is 0.246 e. The highest BCUT2D eigenvalue weighted by molar-refractivity contribution is 6.32. The van der Waals surface area contributed by atoms with Gasteiger partial charge < -0.3 is 20.1 Å². The second-order valence-electron chi connectivity index (χ2n) is 8.38. The molecule has 1 unspecified atom stereocenters. The van der Waals surface area contributed by atoms with Crippen molar-refractivity contribution in [3.63, 3.8) is 0 Å². The van der Waals surface area contributed by atoms with E-state index < -0.39 is 0 Å². The third-order valence-electron chi connectivity index (χ3n) is 5.78. The molecule has 7 heteroatoms. The van der Waals surface area contributed by atoms with Gasteiger partial charge in [-0.2, -0.15) is 0 Å². The lowest BCUT2D eigenvalue weighted by Gasteiger charge is -2.23. The van der Waals surface area contributed by atoms with Crippen LogP contribution >= 0.6 is 11.6 Å². The first-order valence-corrected chi connectivity index (χ1v) is 11.2. The van der Waals surface area contributed by atoms with Crippen molar-refractivity contribution >= 4 is 29.5 Å². The van der Waals surface area contributed by atoms with Crippen LogP contribution in [0, 0.1) is 0 Å². The second-order valence-corrected chi connectivity index (χ2v) is 8.79. The number of rotatable bonds is 5. The molecule has 1 aliphatic carbocycles. The molecule has 0 radical (unpaired) electrons. The predicted molar refractivity (Wildman–Crippen MR) is 126 cm³/mol. The first kappa shape index (κ1) is 21.5. The fraction of sp³-hybridized carbons (Fsp3) is 0.231. The summed E-state index contributed by atoms with van der Waals surface area (Å²) in [6.45, 7) is 0.657. The summed E-state index contributed by atoms with van der Waals surface area (Å²) in [7, 11) is 0. The van der Waals surface area contributed by atoms with Crippen molar-refractivity contribution < 1.29 is 19.1 Å². The molecular formula is C26H23ClN2O4. The van der Waals surface area contributed by atoms with Gasteiger partial charge in [0.05, 0.1) is 24.1 Å². The number of halogens is 1. The van der Waals surface area contributed by atoms with E-state index in [1.807, 2.05) is 54.6 Å². The number of morpholine rings is 1. The molecule has 0 bridgehead atoms. The molecule has 2 heterocycles. The summed E-state index contributed by atoms with van der Waals surface area (Å²) in [6, 6.07) is 13.4. The van der Waals surface area contributed by atoms with Gasteiger partial charge >= 0.3 is 0 Å². The van der Waals surface area contributed by atoms with Crippen LogP contribution in [0.15, 0.2) is 71.5 Å². The maximum absolute atomic E-state index is 11.6. The zero-order valence-electron chi connectivity index (χ0n) is 17.9. The number of nitrogens with one attached hydrogen (secondary N) is 2. The monoisotopic (exact) mass is 462 g/mol. The molecule has 33 heavy (non-hydrogen) atoms. The molecule has 1 fully saturated rings. The predicted octanol–water partition coefficient (Wildman–Crippen LogP) is 4.31. The zero-order chi connectivity index (χ0) is 22.8. The van der Waals surface area contributed by atoms with Crippen molar-refractivity contribution in [1.82, 2.24) is 10.6 Å². The Morgan fingerprint density at radius 1 is 1.03 bits per heavy atom. The maximum Gasteiger partial charge on any atom is 0.246 e. The van der Waals surface area contributed by atoms with E-state index in [1.165, 1.54) is 0 Å². The van der Waals surface area contributed by atoms with Gasteiger partial charge in [-0.15, -0.1) is 0 Å². The van der Waals surface area contributed by atoms with Gasteiger partial charge in [0.15, 0.2) is 0 Å². The molecule has 3 aliphatic rings. The Morgan fingerprint density at radius 3 is 2.64 bits per heavy atom. The van der Waals surface area contributed by atoms with E-state index in [1.54, 1.807) is 6.07 Å². The maximum atomic E-state index is 11.6. The van der Waals surface area contributed by atoms with Gasteiger partial charge in [0, 0.05) is 5.70 Å². The van der Waals surface area contributed by atoms with E-state index in [0.29, 0.717) is 36.0 Å². The summed E-state index contributed by atoms with van der Waals surface area (Å²) >= 11 is 6.52. The lowest BCUT2D eigenvalue weighted by Crippen LogP contribution is -2.46. The SMILES string of the molecule is O=C1CC2=C(C=CC(=Cc3ccc(Oc4ccc(CC5COCC(=O)N5)cc4)cc3Cl)C2)N1. The lowest BCUT2D eigenvalue weighted by molar-refractivity contribution is -0.131. The lowest BCUT2D eigenvalue weighted by atomic mass is 9.96. The first-order valence-electron chi connectivity index (χ1n) is 10.9. The summed E-state index contributed by atoms with van der Waals surface area (Å²) < 4.78 is 11.3. The molecule has 5 rings (SSSR count). The van der Waals surface area contributed by atoms with Crippen molar-refractivity contribution in [3.8, 4) is 11.5 Å². The number of hydrogen-bond donors (Lipinski definition) is 2. The average Bonchev–Trinajstić information content (AvgIpc) is 3.16. The van der Waals surface area contributed by atoms with Crippen molar-refractivity contribution in [3.05, 3.63) is 87.6 Å². The fourth-order valence-corrected chi connectivity index (χ4v) is 4.43. The van der Waals surface area contributed by atoms with Gasteiger partial charge in [-0.3, -0.25) is 9.59 Å². The highest BCUT2D eigenvalue weighted by Crippen LogP contribution is 2.32. The number of ether oxygens (including phenoxy) is 2. The van der Waals surface area contributed by atoms with Crippen LogP contribution in [0.25, 0.3) is 6.08 Å². The highest BCUT2D eigenvalue weighted by Gasteiger charge is 2.22. The quantitative estimate of drug-likeness (QED) is 0.694. The minimum Gasteiger partial charge on any atom is -0.457 e. The topological polar surface area (TPSA) is 76.7 Å². The number of hydrogen-bond acceptors (Lipinski definition) is 4. The molecular weight excluding hydrogens is 440 g/mol. The number of carbonyl (C=O) groups excluding carboxylic acids is 2. The first-order chi connectivity index (χ1) is 16.0. The van der Waals surface area contributed by atoms with Crippen molar-refractivity contribution in [2.24, 2.45) is 0 Å². The summed E-state index contributed by atoms with van der Waals surface area (Å²) in [5.41, 5.74) is 5.14. The van der Waals surface area contributed by atoms with E-state index in [0.717, 1.165) is 34.4 Å². The largest absolute Gasteiger partial charge is 0.457 e. The second kappa shape index (κ2) is 9.25. The van der Waals surface area contributed by atoms with E-state index in [2.05, 4.69) is 10.6 Å². The van der Waals surface area contributed by atoms with E-state index in [9.17, 15) is 9.59 Å². The summed E-state index contributed by atoms with van der Waals surface area (Å²) in [6.07, 6.45) is 7.90. The van der Waals surface area contributed by atoms with Gasteiger partial charge in [0.1, 0.15) is 18.1 Å². The number of benzene rings is 2. The van der Waals surface area contributed by atoms with Crippen LogP contribution in [0.5, 0.6) is 11.5 Å². The van der Waals surface area contributed by atoms with Crippen molar-refractivity contribution in [1.29, 1.82) is 0 Å². The van der Waals surface area contributed by atoms with Gasteiger partial charge in [-0.25, -0.2) is 0 Å². The Labute approximate surface area is 196 Å². The molecule has 0 saturated carbocycles. The molecule has 6 nitrogen and oxygen atoms in total. The van der Waals surface area contributed by atoms with Crippen LogP contribution < -0.4 is 15.4 Å². The van der Waals surface area contributed by atoms with Crippen LogP contribution in [-0.2, 0) is 20.7 Å². The molecule has 2 amide bonds. The normalized spacial score (nSPS) is 21.1. The number of carbonyl (C=O) groups is 2. The number of allylic oxidation sites excluding steroid dienone is 3. The van der Waals surface area contributed by atoms with Crippen LogP contribution in [-0.4, -0.2) is 31.1 Å². The number of amides is 2. The van der Waals surface area contributed by atoms with Gasteiger partial charge in [0.25, 0.3) is 0 Å². The average molecular weight is 463 g/mol. The minimum absolute atomic E-state index is 0.00852. The molecule has 1 atom stereocenters. The summed E-state index contributed by atoms with van der Waals surface area (Å²) in [4.78, 5) is 23.0. The zero-order valence-corrected chi connectivity index (χ0v) is 18.7. The van der Waals surface area contributed by atoms with E-state index >= 15 is 0 Å². The Morgan fingerprint density at radius 2 is 1.85 bits per heavy atom. The van der Waals surface area contributed by atoms with Gasteiger partial charge in [-0.1, -0.05) is 29.8 Å². The molecule has 1 saturated heterocycles. The molecule has 2 aliphatic heterocycles. The molecule has 2 N–H and O–H groups in total. The molecule has 0 aromatic heterocycles. The highest BCUT2D eigenvalue weighted by atomic mass is 35.5. The third-order valence-corrected chi connectivity index (χ3v) is 6.11. The summed E-state index contributed by atoms with van der Waals surface area (Å²) in [5.74, 6) is 1.33.